The van der Waals surface area contributed by atoms with Crippen molar-refractivity contribution in [3.63, 3.8) is 0 Å². The fraction of sp³-hybridized carbons (Fsp3) is 0.0769. The Bertz CT molecular complexity index is 833. The summed E-state index contributed by atoms with van der Waals surface area (Å²) in [4.78, 5) is 20.2. The van der Waals surface area contributed by atoms with Gasteiger partial charge in [-0.3, -0.25) is 4.79 Å². The predicted octanol–water partition coefficient (Wildman–Crippen LogP) is 2.89. The van der Waals surface area contributed by atoms with Gasteiger partial charge in [-0.2, -0.15) is 4.98 Å². The minimum atomic E-state index is -0.196. The molecule has 0 fully saturated rings. The van der Waals surface area contributed by atoms with Crippen LogP contribution in [0.2, 0.25) is 5.02 Å². The van der Waals surface area contributed by atoms with E-state index in [1.807, 2.05) is 23.6 Å². The number of halogens is 1. The van der Waals surface area contributed by atoms with Gasteiger partial charge >= 0.3 is 0 Å². The summed E-state index contributed by atoms with van der Waals surface area (Å²) >= 11 is 8.66. The fourth-order valence-electron chi connectivity index (χ4n) is 1.73. The molecule has 4 N–H and O–H groups in total. The molecule has 0 aliphatic rings. The van der Waals surface area contributed by atoms with E-state index in [9.17, 15) is 4.79 Å². The second-order valence-corrected chi connectivity index (χ2v) is 6.57. The number of nitrogens with one attached hydrogen (secondary N) is 2. The highest BCUT2D eigenvalue weighted by Crippen LogP contribution is 2.30. The van der Waals surface area contributed by atoms with Gasteiger partial charge in [0, 0.05) is 16.0 Å². The monoisotopic (exact) mass is 366 g/mol. The van der Waals surface area contributed by atoms with E-state index >= 15 is 0 Å². The van der Waals surface area contributed by atoms with Gasteiger partial charge in [0.05, 0.1) is 11.4 Å². The zero-order valence-electron chi connectivity index (χ0n) is 11.6. The van der Waals surface area contributed by atoms with Gasteiger partial charge in [-0.25, -0.2) is 10.1 Å². The Balaban J connectivity index is 1.60. The van der Waals surface area contributed by atoms with Crippen LogP contribution in [-0.2, 0) is 4.79 Å². The van der Waals surface area contributed by atoms with Crippen molar-refractivity contribution in [1.29, 1.82) is 0 Å². The molecule has 0 saturated heterocycles. The van der Waals surface area contributed by atoms with E-state index in [4.69, 9.17) is 17.3 Å². The molecule has 23 heavy (non-hydrogen) atoms. The SMILES string of the molecule is Nc1nc(SCC(=O)Nc2nc(-c3ccccc3Cl)cs2)n[nH]1. The van der Waals surface area contributed by atoms with Crippen LogP contribution in [0, 0.1) is 0 Å². The van der Waals surface area contributed by atoms with Gasteiger partial charge in [0.25, 0.3) is 0 Å². The maximum atomic E-state index is 11.9. The quantitative estimate of drug-likeness (QED) is 0.599. The third kappa shape index (κ3) is 4.01. The van der Waals surface area contributed by atoms with E-state index in [1.54, 1.807) is 6.07 Å². The highest BCUT2D eigenvalue weighted by Gasteiger charge is 2.11. The first-order chi connectivity index (χ1) is 11.1. The van der Waals surface area contributed by atoms with Crippen molar-refractivity contribution in [2.45, 2.75) is 5.16 Å². The minimum absolute atomic E-state index is 0.165. The van der Waals surface area contributed by atoms with Gasteiger partial charge in [-0.05, 0) is 6.07 Å². The molecule has 0 spiro atoms. The van der Waals surface area contributed by atoms with E-state index in [0.717, 1.165) is 11.3 Å². The number of amides is 1. The summed E-state index contributed by atoms with van der Waals surface area (Å²) in [5, 5.41) is 12.5. The molecule has 3 aromatic rings. The third-order valence-corrected chi connectivity index (χ3v) is 4.65. The lowest BCUT2D eigenvalue weighted by atomic mass is 10.2. The number of hydrogen-bond donors (Lipinski definition) is 3. The van der Waals surface area contributed by atoms with Crippen LogP contribution in [0.25, 0.3) is 11.3 Å². The molecule has 7 nitrogen and oxygen atoms in total. The van der Waals surface area contributed by atoms with Crippen LogP contribution in [0.1, 0.15) is 0 Å². The zero-order valence-corrected chi connectivity index (χ0v) is 14.0. The van der Waals surface area contributed by atoms with Crippen LogP contribution >= 0.6 is 34.7 Å². The maximum Gasteiger partial charge on any atom is 0.236 e. The zero-order chi connectivity index (χ0) is 16.2. The number of aromatic nitrogens is 4. The number of thioether (sulfide) groups is 1. The number of carbonyl (C=O) groups excluding carboxylic acids is 1. The van der Waals surface area contributed by atoms with Crippen molar-refractivity contribution in [3.8, 4) is 11.3 Å². The van der Waals surface area contributed by atoms with Crippen molar-refractivity contribution in [1.82, 2.24) is 20.2 Å². The lowest BCUT2D eigenvalue weighted by molar-refractivity contribution is -0.113. The highest BCUT2D eigenvalue weighted by atomic mass is 35.5. The Morgan fingerprint density at radius 1 is 1.39 bits per heavy atom. The summed E-state index contributed by atoms with van der Waals surface area (Å²) in [6, 6.07) is 7.42. The predicted molar refractivity (Wildman–Crippen MR) is 92.7 cm³/mol. The van der Waals surface area contributed by atoms with Gasteiger partial charge in [-0.15, -0.1) is 16.4 Å². The molecule has 0 bridgehead atoms. The number of H-pyrrole nitrogens is 1. The number of anilines is 2. The number of carbonyl (C=O) groups is 1. The number of hydrogen-bond acceptors (Lipinski definition) is 7. The van der Waals surface area contributed by atoms with E-state index in [0.29, 0.717) is 15.3 Å². The van der Waals surface area contributed by atoms with Crippen molar-refractivity contribution in [2.75, 3.05) is 16.8 Å². The highest BCUT2D eigenvalue weighted by molar-refractivity contribution is 7.99. The molecule has 0 atom stereocenters. The largest absolute Gasteiger partial charge is 0.368 e. The Labute approximate surface area is 144 Å². The smallest absolute Gasteiger partial charge is 0.236 e. The van der Waals surface area contributed by atoms with Crippen LogP contribution in [0.3, 0.4) is 0 Å². The molecule has 0 aliphatic heterocycles. The van der Waals surface area contributed by atoms with Gasteiger partial charge in [-0.1, -0.05) is 41.6 Å². The van der Waals surface area contributed by atoms with E-state index < -0.39 is 0 Å². The molecular weight excluding hydrogens is 356 g/mol. The average molecular weight is 367 g/mol. The molecule has 1 aromatic carbocycles. The Hall–Kier alpha value is -2.10. The summed E-state index contributed by atoms with van der Waals surface area (Å²) < 4.78 is 0. The van der Waals surface area contributed by atoms with E-state index in [1.165, 1.54) is 23.1 Å². The van der Waals surface area contributed by atoms with Crippen molar-refractivity contribution < 1.29 is 4.79 Å². The molecule has 2 aromatic heterocycles. The topological polar surface area (TPSA) is 110 Å². The summed E-state index contributed by atoms with van der Waals surface area (Å²) in [6.45, 7) is 0. The second-order valence-electron chi connectivity index (χ2n) is 4.36. The van der Waals surface area contributed by atoms with Crippen molar-refractivity contribution >= 4 is 51.7 Å². The number of benzene rings is 1. The Morgan fingerprint density at radius 3 is 2.96 bits per heavy atom. The van der Waals surface area contributed by atoms with Gasteiger partial charge in [0.1, 0.15) is 0 Å². The normalized spacial score (nSPS) is 10.7. The van der Waals surface area contributed by atoms with Gasteiger partial charge < -0.3 is 11.1 Å². The molecule has 2 heterocycles. The summed E-state index contributed by atoms with van der Waals surface area (Å²) in [7, 11) is 0. The maximum absolute atomic E-state index is 11.9. The molecule has 0 aliphatic carbocycles. The number of nitrogen functional groups attached to an aromatic ring is 1. The van der Waals surface area contributed by atoms with Crippen LogP contribution in [0.15, 0.2) is 34.8 Å². The second kappa shape index (κ2) is 6.99. The summed E-state index contributed by atoms with van der Waals surface area (Å²) in [5.41, 5.74) is 6.97. The van der Waals surface area contributed by atoms with Crippen LogP contribution in [0.4, 0.5) is 11.1 Å². The Kier molecular flexibility index (Phi) is 4.79. The van der Waals surface area contributed by atoms with E-state index in [2.05, 4.69) is 25.5 Å². The minimum Gasteiger partial charge on any atom is -0.368 e. The molecule has 0 radical (unpaired) electrons. The summed E-state index contributed by atoms with van der Waals surface area (Å²) in [6.07, 6.45) is 0. The first-order valence-electron chi connectivity index (χ1n) is 6.43. The molecule has 118 valence electrons. The number of rotatable bonds is 5. The van der Waals surface area contributed by atoms with Crippen molar-refractivity contribution in [3.05, 3.63) is 34.7 Å². The van der Waals surface area contributed by atoms with Crippen LogP contribution in [-0.4, -0.2) is 31.8 Å². The average Bonchev–Trinajstić information content (AvgIpc) is 3.15. The molecule has 10 heteroatoms. The molecule has 0 saturated carbocycles. The number of thiazole rings is 1. The molecule has 0 unspecified atom stereocenters. The van der Waals surface area contributed by atoms with Crippen LogP contribution in [0.5, 0.6) is 0 Å². The lowest BCUT2D eigenvalue weighted by Crippen LogP contribution is -2.13. The molecule has 3 rings (SSSR count). The number of aromatic amines is 1. The third-order valence-electron chi connectivity index (χ3n) is 2.71. The number of nitrogens with two attached hydrogens (primary N) is 1. The fourth-order valence-corrected chi connectivity index (χ4v) is 3.30. The first kappa shape index (κ1) is 15.8. The standard InChI is InChI=1S/C13H11ClN6OS2/c14-8-4-2-1-3-7(8)9-5-22-12(16-9)17-10(21)6-23-13-18-11(15)19-20-13/h1-5H,6H2,(H,16,17,21)(H3,15,18,19,20). The molecule has 1 amide bonds. The lowest BCUT2D eigenvalue weighted by Gasteiger charge is -2.00. The first-order valence-corrected chi connectivity index (χ1v) is 8.67. The van der Waals surface area contributed by atoms with Gasteiger partial charge in [0.2, 0.25) is 17.0 Å². The number of nitrogens with zero attached hydrogens (tertiary/aromatic N) is 3. The van der Waals surface area contributed by atoms with Crippen molar-refractivity contribution in [2.24, 2.45) is 0 Å². The summed E-state index contributed by atoms with van der Waals surface area (Å²) in [5.74, 6) is 0.189. The van der Waals surface area contributed by atoms with Crippen LogP contribution < -0.4 is 11.1 Å². The van der Waals surface area contributed by atoms with Gasteiger partial charge in [0.15, 0.2) is 5.13 Å². The Morgan fingerprint density at radius 2 is 2.22 bits per heavy atom. The molecular formula is C13H11ClN6OS2. The van der Waals surface area contributed by atoms with E-state index in [-0.39, 0.29) is 17.6 Å².